The van der Waals surface area contributed by atoms with E-state index in [-0.39, 0.29) is 26.4 Å². The standard InChI is InChI=1S/C15H33NO7/c17-6-2-16(3-7-18,4-8-19)5-12-21-10-1-11-22-14-15-23-13-9-20/h17-18,20H,1-15H2. The van der Waals surface area contributed by atoms with E-state index in [2.05, 4.69) is 0 Å². The van der Waals surface area contributed by atoms with Gasteiger partial charge in [-0.3, -0.25) is 0 Å². The molecule has 8 nitrogen and oxygen atoms in total. The van der Waals surface area contributed by atoms with Gasteiger partial charge < -0.3 is 39.1 Å². The second kappa shape index (κ2) is 16.5. The number of hydrogen-bond acceptors (Lipinski definition) is 7. The maximum absolute atomic E-state index is 10.9. The molecule has 0 aliphatic rings. The first kappa shape index (κ1) is 22.7. The fourth-order valence-electron chi connectivity index (χ4n) is 2.30. The highest BCUT2D eigenvalue weighted by Crippen LogP contribution is 2.05. The molecule has 0 aliphatic heterocycles. The molecule has 0 unspecified atom stereocenters. The summed E-state index contributed by atoms with van der Waals surface area (Å²) in [5.41, 5.74) is 0. The van der Waals surface area contributed by atoms with Gasteiger partial charge in [0.2, 0.25) is 0 Å². The molecule has 0 saturated carbocycles. The van der Waals surface area contributed by atoms with Crippen molar-refractivity contribution < 1.29 is 39.1 Å². The number of aliphatic hydroxyl groups is 3. The van der Waals surface area contributed by atoms with Gasteiger partial charge in [0.1, 0.15) is 19.6 Å². The van der Waals surface area contributed by atoms with Gasteiger partial charge in [-0.25, -0.2) is 0 Å². The topological polar surface area (TPSA) is 111 Å². The summed E-state index contributed by atoms with van der Waals surface area (Å²) in [7, 11) is 0. The van der Waals surface area contributed by atoms with Crippen molar-refractivity contribution in [3.05, 3.63) is 0 Å². The Kier molecular flexibility index (Phi) is 16.3. The van der Waals surface area contributed by atoms with Crippen LogP contribution in [0.15, 0.2) is 0 Å². The molecule has 0 aliphatic carbocycles. The third kappa shape index (κ3) is 12.7. The Hall–Kier alpha value is -0.320. The van der Waals surface area contributed by atoms with Gasteiger partial charge in [-0.05, 0) is 6.42 Å². The van der Waals surface area contributed by atoms with Gasteiger partial charge in [-0.1, -0.05) is 6.61 Å². The summed E-state index contributed by atoms with van der Waals surface area (Å²) >= 11 is 0. The molecule has 8 heteroatoms. The molecule has 0 saturated heterocycles. The molecule has 0 heterocycles. The fourth-order valence-corrected chi connectivity index (χ4v) is 2.30. The number of rotatable bonds is 18. The SMILES string of the molecule is [O-]CC[N+](CCO)(CCO)CCOCCCOCCOCCO. The quantitative estimate of drug-likeness (QED) is 0.188. The molecule has 0 radical (unpaired) electrons. The number of nitrogens with zero attached hydrogens (tertiary/aromatic N) is 1. The van der Waals surface area contributed by atoms with Crippen LogP contribution in [0.1, 0.15) is 6.42 Å². The van der Waals surface area contributed by atoms with Crippen molar-refractivity contribution in [2.24, 2.45) is 0 Å². The summed E-state index contributed by atoms with van der Waals surface area (Å²) in [6.45, 7) is 4.63. The summed E-state index contributed by atoms with van der Waals surface area (Å²) in [4.78, 5) is 0. The molecule has 3 N–H and O–H groups in total. The van der Waals surface area contributed by atoms with Crippen molar-refractivity contribution in [1.29, 1.82) is 0 Å². The molecule has 0 amide bonds. The summed E-state index contributed by atoms with van der Waals surface area (Å²) < 4.78 is 16.4. The second-order valence-corrected chi connectivity index (χ2v) is 5.30. The van der Waals surface area contributed by atoms with Crippen LogP contribution in [-0.4, -0.2) is 112 Å². The van der Waals surface area contributed by atoms with Crippen molar-refractivity contribution >= 4 is 0 Å². The van der Waals surface area contributed by atoms with E-state index >= 15 is 0 Å². The lowest BCUT2D eigenvalue weighted by atomic mass is 10.3. The monoisotopic (exact) mass is 339 g/mol. The Bertz CT molecular complexity index is 227. The lowest BCUT2D eigenvalue weighted by Crippen LogP contribution is -2.56. The zero-order valence-corrected chi connectivity index (χ0v) is 14.0. The van der Waals surface area contributed by atoms with Gasteiger partial charge in [0.05, 0.1) is 52.8 Å². The van der Waals surface area contributed by atoms with Crippen LogP contribution >= 0.6 is 0 Å². The minimum Gasteiger partial charge on any atom is -0.850 e. The van der Waals surface area contributed by atoms with Crippen LogP contribution < -0.4 is 5.11 Å². The predicted octanol–water partition coefficient (Wildman–Crippen LogP) is -2.42. The molecular formula is C15H33NO7. The number of hydrogen-bond donors (Lipinski definition) is 3. The molecule has 0 aromatic heterocycles. The van der Waals surface area contributed by atoms with E-state index in [9.17, 15) is 5.11 Å². The van der Waals surface area contributed by atoms with E-state index in [1.165, 1.54) is 0 Å². The predicted molar refractivity (Wildman–Crippen MR) is 82.9 cm³/mol. The minimum absolute atomic E-state index is 0.00775. The van der Waals surface area contributed by atoms with Crippen LogP contribution in [0.4, 0.5) is 0 Å². The van der Waals surface area contributed by atoms with Gasteiger partial charge in [0.15, 0.2) is 0 Å². The Balaban J connectivity index is 3.65. The van der Waals surface area contributed by atoms with E-state index in [4.69, 9.17) is 29.5 Å². The van der Waals surface area contributed by atoms with Crippen molar-refractivity contribution in [2.75, 3.05) is 92.2 Å². The zero-order chi connectivity index (χ0) is 17.2. The highest BCUT2D eigenvalue weighted by atomic mass is 16.5. The normalized spacial score (nSPS) is 12.0. The van der Waals surface area contributed by atoms with E-state index in [1.54, 1.807) is 0 Å². The first-order valence-corrected chi connectivity index (χ1v) is 8.23. The Morgan fingerprint density at radius 1 is 0.609 bits per heavy atom. The van der Waals surface area contributed by atoms with Crippen molar-refractivity contribution in [1.82, 2.24) is 0 Å². The summed E-state index contributed by atoms with van der Waals surface area (Å²) in [6, 6.07) is 0. The number of aliphatic hydroxyl groups excluding tert-OH is 3. The summed E-state index contributed by atoms with van der Waals surface area (Å²) in [5, 5.41) is 37.8. The minimum atomic E-state index is -0.230. The van der Waals surface area contributed by atoms with Gasteiger partial charge in [-0.2, -0.15) is 0 Å². The van der Waals surface area contributed by atoms with E-state index in [1.807, 2.05) is 0 Å². The maximum Gasteiger partial charge on any atom is 0.102 e. The van der Waals surface area contributed by atoms with Crippen LogP contribution in [0.5, 0.6) is 0 Å². The van der Waals surface area contributed by atoms with Crippen molar-refractivity contribution in [3.63, 3.8) is 0 Å². The molecular weight excluding hydrogens is 306 g/mol. The van der Waals surface area contributed by atoms with Gasteiger partial charge in [-0.15, -0.1) is 0 Å². The van der Waals surface area contributed by atoms with Crippen molar-refractivity contribution in [3.8, 4) is 0 Å². The Morgan fingerprint density at radius 3 is 1.70 bits per heavy atom. The molecule has 0 rings (SSSR count). The van der Waals surface area contributed by atoms with Gasteiger partial charge >= 0.3 is 0 Å². The van der Waals surface area contributed by atoms with Crippen LogP contribution in [-0.2, 0) is 14.2 Å². The molecule has 0 atom stereocenters. The summed E-state index contributed by atoms with van der Waals surface area (Å²) in [5.74, 6) is 0. The molecule has 140 valence electrons. The molecule has 0 fully saturated rings. The molecule has 0 aromatic carbocycles. The molecule has 0 aromatic rings. The van der Waals surface area contributed by atoms with Crippen LogP contribution in [0.2, 0.25) is 0 Å². The Labute approximate surface area is 138 Å². The van der Waals surface area contributed by atoms with Gasteiger partial charge in [0.25, 0.3) is 0 Å². The molecule has 23 heavy (non-hydrogen) atoms. The van der Waals surface area contributed by atoms with E-state index < -0.39 is 0 Å². The average Bonchev–Trinajstić information content (AvgIpc) is 2.53. The number of ether oxygens (including phenoxy) is 3. The molecule has 0 bridgehead atoms. The first-order chi connectivity index (χ1) is 11.2. The highest BCUT2D eigenvalue weighted by molar-refractivity contribution is 4.45. The third-order valence-electron chi connectivity index (χ3n) is 3.61. The van der Waals surface area contributed by atoms with Crippen molar-refractivity contribution in [2.45, 2.75) is 6.42 Å². The van der Waals surface area contributed by atoms with E-state index in [0.29, 0.717) is 70.3 Å². The second-order valence-electron chi connectivity index (χ2n) is 5.30. The smallest absolute Gasteiger partial charge is 0.102 e. The fraction of sp³-hybridized carbons (Fsp3) is 1.00. The number of quaternary nitrogens is 1. The van der Waals surface area contributed by atoms with Crippen LogP contribution in [0, 0.1) is 0 Å². The van der Waals surface area contributed by atoms with Crippen LogP contribution in [0.3, 0.4) is 0 Å². The first-order valence-electron chi connectivity index (χ1n) is 8.23. The lowest BCUT2D eigenvalue weighted by molar-refractivity contribution is -0.933. The van der Waals surface area contributed by atoms with Crippen LogP contribution in [0.25, 0.3) is 0 Å². The van der Waals surface area contributed by atoms with Gasteiger partial charge in [0, 0.05) is 13.2 Å². The highest BCUT2D eigenvalue weighted by Gasteiger charge is 2.24. The largest absolute Gasteiger partial charge is 0.850 e. The average molecular weight is 339 g/mol. The Morgan fingerprint density at radius 2 is 1.17 bits per heavy atom. The lowest BCUT2D eigenvalue weighted by Gasteiger charge is -2.39. The zero-order valence-electron chi connectivity index (χ0n) is 14.0. The summed E-state index contributed by atoms with van der Waals surface area (Å²) in [6.07, 6.45) is 0.765. The molecule has 0 spiro atoms. The third-order valence-corrected chi connectivity index (χ3v) is 3.61. The maximum atomic E-state index is 10.9. The van der Waals surface area contributed by atoms with E-state index in [0.717, 1.165) is 6.42 Å².